The van der Waals surface area contributed by atoms with E-state index in [2.05, 4.69) is 5.32 Å². The van der Waals surface area contributed by atoms with Gasteiger partial charge in [-0.15, -0.1) is 0 Å². The molecule has 1 aliphatic heterocycles. The molecule has 1 unspecified atom stereocenters. The van der Waals surface area contributed by atoms with E-state index in [0.29, 0.717) is 19.5 Å². The lowest BCUT2D eigenvalue weighted by Crippen LogP contribution is -2.21. The van der Waals surface area contributed by atoms with Crippen LogP contribution in [0.5, 0.6) is 17.2 Å². The number of nitrogens with one attached hydrogen (secondary N) is 1. The number of fused-ring (bicyclic) bond motifs is 1. The van der Waals surface area contributed by atoms with Crippen LogP contribution >= 0.6 is 11.6 Å². The highest BCUT2D eigenvalue weighted by Crippen LogP contribution is 2.44. The molecule has 0 saturated carbocycles. The van der Waals surface area contributed by atoms with Crippen LogP contribution in [0.15, 0.2) is 30.3 Å². The summed E-state index contributed by atoms with van der Waals surface area (Å²) in [6.45, 7) is 1.24. The minimum absolute atomic E-state index is 0.0873. The lowest BCUT2D eigenvalue weighted by atomic mass is 9.87. The van der Waals surface area contributed by atoms with Gasteiger partial charge in [-0.2, -0.15) is 0 Å². The van der Waals surface area contributed by atoms with Crippen molar-refractivity contribution in [1.29, 1.82) is 0 Å². The Kier molecular flexibility index (Phi) is 5.38. The van der Waals surface area contributed by atoms with Crippen LogP contribution in [0.2, 0.25) is 5.02 Å². The maximum atomic E-state index is 11.3. The van der Waals surface area contributed by atoms with Gasteiger partial charge in [0.05, 0.1) is 5.02 Å². The van der Waals surface area contributed by atoms with Crippen molar-refractivity contribution in [2.24, 2.45) is 11.5 Å². The van der Waals surface area contributed by atoms with Gasteiger partial charge in [0.15, 0.2) is 11.5 Å². The van der Waals surface area contributed by atoms with Gasteiger partial charge in [-0.1, -0.05) is 23.7 Å². The molecule has 27 heavy (non-hydrogen) atoms. The van der Waals surface area contributed by atoms with Gasteiger partial charge in [0, 0.05) is 12.5 Å². The van der Waals surface area contributed by atoms with E-state index in [0.717, 1.165) is 16.7 Å². The fraction of sp³-hybridized carbons (Fsp3) is 0.222. The Hall–Kier alpha value is -2.97. The van der Waals surface area contributed by atoms with Crippen LogP contribution in [0.1, 0.15) is 22.6 Å². The third kappa shape index (κ3) is 4.07. The SMILES string of the molecule is NC(=O)Oc1cc2c(c(Cl)c1OC(N)=O)CCNCC2c1ccc(O)cc1. The van der Waals surface area contributed by atoms with E-state index in [-0.39, 0.29) is 28.2 Å². The van der Waals surface area contributed by atoms with Crippen molar-refractivity contribution in [2.75, 3.05) is 13.1 Å². The number of halogens is 1. The molecule has 2 amide bonds. The van der Waals surface area contributed by atoms with Crippen LogP contribution in [0.3, 0.4) is 0 Å². The van der Waals surface area contributed by atoms with Gasteiger partial charge < -0.3 is 31.4 Å². The van der Waals surface area contributed by atoms with Gasteiger partial charge in [0.2, 0.25) is 0 Å². The number of rotatable bonds is 3. The molecular weight excluding hydrogens is 374 g/mol. The van der Waals surface area contributed by atoms with E-state index in [1.165, 1.54) is 0 Å². The van der Waals surface area contributed by atoms with Crippen molar-refractivity contribution in [3.8, 4) is 17.2 Å². The number of phenols is 1. The molecule has 0 spiro atoms. The summed E-state index contributed by atoms with van der Waals surface area (Å²) < 4.78 is 9.96. The number of carbonyl (C=O) groups is 2. The largest absolute Gasteiger partial charge is 0.508 e. The molecule has 0 radical (unpaired) electrons. The maximum absolute atomic E-state index is 11.3. The molecule has 0 fully saturated rings. The van der Waals surface area contributed by atoms with E-state index in [1.807, 2.05) is 0 Å². The average Bonchev–Trinajstić information content (AvgIpc) is 2.81. The Morgan fingerprint density at radius 3 is 2.44 bits per heavy atom. The van der Waals surface area contributed by atoms with Crippen molar-refractivity contribution < 1.29 is 24.2 Å². The van der Waals surface area contributed by atoms with E-state index >= 15 is 0 Å². The summed E-state index contributed by atoms with van der Waals surface area (Å²) in [5, 5.41) is 13.0. The molecule has 9 heteroatoms. The van der Waals surface area contributed by atoms with Crippen molar-refractivity contribution in [2.45, 2.75) is 12.3 Å². The number of phenolic OH excluding ortho intramolecular Hbond substituents is 1. The van der Waals surface area contributed by atoms with Crippen molar-refractivity contribution in [3.05, 3.63) is 52.0 Å². The molecule has 1 aliphatic rings. The van der Waals surface area contributed by atoms with Crippen LogP contribution in [0.25, 0.3) is 0 Å². The number of primary amides is 2. The fourth-order valence-corrected chi connectivity index (χ4v) is 3.52. The summed E-state index contributed by atoms with van der Waals surface area (Å²) in [5.74, 6) is -0.219. The van der Waals surface area contributed by atoms with E-state index in [4.69, 9.17) is 32.5 Å². The minimum atomic E-state index is -1.09. The third-order valence-corrected chi connectivity index (χ3v) is 4.71. The Bertz CT molecular complexity index is 886. The topological polar surface area (TPSA) is 137 Å². The summed E-state index contributed by atoms with van der Waals surface area (Å²) in [4.78, 5) is 22.5. The van der Waals surface area contributed by atoms with Crippen LogP contribution in [-0.4, -0.2) is 30.4 Å². The molecule has 6 N–H and O–H groups in total. The number of benzene rings is 2. The summed E-state index contributed by atoms with van der Waals surface area (Å²) in [6, 6.07) is 8.36. The number of hydrogen-bond donors (Lipinski definition) is 4. The zero-order valence-corrected chi connectivity index (χ0v) is 15.0. The van der Waals surface area contributed by atoms with Gasteiger partial charge in [-0.05, 0) is 47.9 Å². The Morgan fingerprint density at radius 2 is 1.81 bits per heavy atom. The fourth-order valence-electron chi connectivity index (χ4n) is 3.18. The van der Waals surface area contributed by atoms with Crippen LogP contribution in [0.4, 0.5) is 9.59 Å². The second-order valence-corrected chi connectivity index (χ2v) is 6.40. The van der Waals surface area contributed by atoms with E-state index in [9.17, 15) is 14.7 Å². The van der Waals surface area contributed by atoms with Gasteiger partial charge in [-0.3, -0.25) is 0 Å². The Balaban J connectivity index is 2.17. The highest BCUT2D eigenvalue weighted by molar-refractivity contribution is 6.33. The third-order valence-electron chi connectivity index (χ3n) is 4.31. The molecule has 2 aromatic carbocycles. The molecule has 2 aromatic rings. The lowest BCUT2D eigenvalue weighted by Gasteiger charge is -2.21. The monoisotopic (exact) mass is 391 g/mol. The first-order valence-electron chi connectivity index (χ1n) is 8.16. The zero-order valence-electron chi connectivity index (χ0n) is 14.2. The predicted molar refractivity (Wildman–Crippen MR) is 98.4 cm³/mol. The molecule has 3 rings (SSSR count). The molecule has 0 saturated heterocycles. The number of hydrogen-bond acceptors (Lipinski definition) is 6. The molecule has 8 nitrogen and oxygen atoms in total. The highest BCUT2D eigenvalue weighted by Gasteiger charge is 2.28. The number of nitrogens with two attached hydrogens (primary N) is 2. The number of carbonyl (C=O) groups excluding carboxylic acids is 2. The second-order valence-electron chi connectivity index (χ2n) is 6.03. The minimum Gasteiger partial charge on any atom is -0.508 e. The maximum Gasteiger partial charge on any atom is 0.410 e. The van der Waals surface area contributed by atoms with Crippen LogP contribution in [0, 0.1) is 0 Å². The van der Waals surface area contributed by atoms with E-state index in [1.54, 1.807) is 30.3 Å². The first-order chi connectivity index (χ1) is 12.9. The molecule has 0 aromatic heterocycles. The summed E-state index contributed by atoms with van der Waals surface area (Å²) >= 11 is 6.48. The summed E-state index contributed by atoms with van der Waals surface area (Å²) in [5.41, 5.74) is 12.7. The number of amides is 2. The first-order valence-corrected chi connectivity index (χ1v) is 8.54. The summed E-state index contributed by atoms with van der Waals surface area (Å²) in [6.07, 6.45) is -1.60. The zero-order chi connectivity index (χ0) is 19.6. The molecule has 142 valence electrons. The van der Waals surface area contributed by atoms with E-state index < -0.39 is 12.2 Å². The normalized spacial score (nSPS) is 16.1. The molecular formula is C18H18ClN3O5. The lowest BCUT2D eigenvalue weighted by molar-refractivity contribution is 0.200. The number of ether oxygens (including phenoxy) is 2. The Morgan fingerprint density at radius 1 is 1.15 bits per heavy atom. The highest BCUT2D eigenvalue weighted by atomic mass is 35.5. The quantitative estimate of drug-likeness (QED) is 0.633. The first kappa shape index (κ1) is 18.8. The predicted octanol–water partition coefficient (Wildman–Crippen LogP) is 2.24. The molecule has 1 atom stereocenters. The molecule has 0 bridgehead atoms. The van der Waals surface area contributed by atoms with Gasteiger partial charge >= 0.3 is 12.2 Å². The van der Waals surface area contributed by atoms with Crippen molar-refractivity contribution in [3.63, 3.8) is 0 Å². The second kappa shape index (κ2) is 7.73. The average molecular weight is 392 g/mol. The van der Waals surface area contributed by atoms with Crippen molar-refractivity contribution >= 4 is 23.8 Å². The van der Waals surface area contributed by atoms with Crippen LogP contribution in [-0.2, 0) is 6.42 Å². The smallest absolute Gasteiger partial charge is 0.410 e. The standard InChI is InChI=1S/C18H18ClN3O5/c19-15-11-5-6-22-8-13(9-1-3-10(23)4-2-9)12(11)7-14(26-17(20)24)16(15)27-18(21)25/h1-4,7,13,22-23H,5-6,8H2,(H2,20,24)(H2,21,25). The van der Waals surface area contributed by atoms with Gasteiger partial charge in [-0.25, -0.2) is 9.59 Å². The van der Waals surface area contributed by atoms with Gasteiger partial charge in [0.1, 0.15) is 5.75 Å². The number of aromatic hydroxyl groups is 1. The summed E-state index contributed by atoms with van der Waals surface area (Å²) in [7, 11) is 0. The molecule has 0 aliphatic carbocycles. The van der Waals surface area contributed by atoms with Crippen molar-refractivity contribution in [1.82, 2.24) is 5.32 Å². The Labute approximate surface area is 160 Å². The molecule has 1 heterocycles. The van der Waals surface area contributed by atoms with Crippen LogP contribution < -0.4 is 26.3 Å². The van der Waals surface area contributed by atoms with Gasteiger partial charge in [0.25, 0.3) is 0 Å².